The Morgan fingerprint density at radius 3 is 2.57 bits per heavy atom. The molecule has 0 spiro atoms. The van der Waals surface area contributed by atoms with Gasteiger partial charge in [0.25, 0.3) is 5.91 Å². The fraction of sp³-hybridized carbons (Fsp3) is 0.600. The Balaban J connectivity index is 1.92. The van der Waals surface area contributed by atoms with Gasteiger partial charge in [0.05, 0.1) is 16.1 Å². The minimum atomic E-state index is -4.49. The van der Waals surface area contributed by atoms with Crippen molar-refractivity contribution in [2.75, 3.05) is 13.1 Å². The van der Waals surface area contributed by atoms with Gasteiger partial charge in [-0.05, 0) is 56.3 Å². The molecular weight excluding hydrogens is 519 g/mol. The van der Waals surface area contributed by atoms with Crippen LogP contribution in [-0.2, 0) is 13.0 Å². The number of piperidine rings is 1. The molecule has 1 aromatic heterocycles. The molecule has 1 fully saturated rings. The largest absolute Gasteiger partial charge is 0.434 e. The maximum atomic E-state index is 13.4. The molecule has 12 heteroatoms. The summed E-state index contributed by atoms with van der Waals surface area (Å²) in [5.74, 6) is -0.298. The van der Waals surface area contributed by atoms with E-state index >= 15 is 0 Å². The number of nitrogens with zero attached hydrogens (tertiary/aromatic N) is 2. The van der Waals surface area contributed by atoms with Crippen molar-refractivity contribution in [1.82, 2.24) is 20.4 Å². The molecule has 6 nitrogen and oxygen atoms in total. The summed E-state index contributed by atoms with van der Waals surface area (Å²) in [5, 5.41) is 10.4. The van der Waals surface area contributed by atoms with E-state index in [-0.39, 0.29) is 45.9 Å². The van der Waals surface area contributed by atoms with Gasteiger partial charge in [-0.2, -0.15) is 27.1 Å². The number of halogens is 6. The van der Waals surface area contributed by atoms with Gasteiger partial charge in [-0.3, -0.25) is 9.48 Å². The van der Waals surface area contributed by atoms with Crippen LogP contribution in [0, 0.1) is 11.3 Å². The Morgan fingerprint density at radius 1 is 1.30 bits per heavy atom. The monoisotopic (exact) mass is 550 g/mol. The Labute approximate surface area is 217 Å². The summed E-state index contributed by atoms with van der Waals surface area (Å²) in [5.41, 5.74) is -1.75. The lowest BCUT2D eigenvalue weighted by Gasteiger charge is -2.28. The number of aryl methyl sites for hydroxylation is 1. The first-order valence-corrected chi connectivity index (χ1v) is 12.5. The van der Waals surface area contributed by atoms with Crippen molar-refractivity contribution >= 4 is 17.5 Å². The van der Waals surface area contributed by atoms with E-state index in [1.165, 1.54) is 16.8 Å². The maximum absolute atomic E-state index is 13.4. The van der Waals surface area contributed by atoms with Crippen molar-refractivity contribution in [2.24, 2.45) is 11.3 Å². The van der Waals surface area contributed by atoms with Gasteiger partial charge in [0, 0.05) is 24.7 Å². The predicted octanol–water partition coefficient (Wildman–Crippen LogP) is 6.07. The molecule has 2 N–H and O–H groups in total. The van der Waals surface area contributed by atoms with E-state index in [1.807, 2.05) is 0 Å². The third kappa shape index (κ3) is 6.93. The van der Waals surface area contributed by atoms with Crippen molar-refractivity contribution in [2.45, 2.75) is 72.3 Å². The number of nitrogens with one attached hydrogen (secondary N) is 2. The fourth-order valence-electron chi connectivity index (χ4n) is 4.28. The first kappa shape index (κ1) is 29.2. The average Bonchev–Trinajstić information content (AvgIpc) is 3.13. The lowest BCUT2D eigenvalue weighted by Crippen LogP contribution is -2.45. The van der Waals surface area contributed by atoms with Crippen LogP contribution in [0.2, 0.25) is 5.02 Å². The molecule has 1 aliphatic rings. The Kier molecular flexibility index (Phi) is 9.10. The third-order valence-electron chi connectivity index (χ3n) is 6.61. The van der Waals surface area contributed by atoms with Crippen LogP contribution in [0.25, 0.3) is 11.3 Å². The maximum Gasteiger partial charge on any atom is 0.394 e. The third-order valence-corrected chi connectivity index (χ3v) is 6.97. The highest BCUT2D eigenvalue weighted by Crippen LogP contribution is 2.43. The topological polar surface area (TPSA) is 68.2 Å². The number of aromatic nitrogens is 2. The highest BCUT2D eigenvalue weighted by Gasteiger charge is 2.47. The zero-order valence-corrected chi connectivity index (χ0v) is 21.9. The van der Waals surface area contributed by atoms with E-state index in [0.29, 0.717) is 12.5 Å². The second-order valence-corrected chi connectivity index (χ2v) is 10.5. The molecule has 0 unspecified atom stereocenters. The molecule has 0 bridgehead atoms. The minimum absolute atomic E-state index is 0.0629. The standard InChI is InChI=1S/C25H32ClF5N4O2/c1-5-35-21(19(26)20(34-35)22(36)33-13-16-8-6-14(2)12-32-16)17-9-7-15(10-18(17)37-23(27)28)11-24(3,4)25(29,30)31/h7,9-10,14,16,23,32H,5-6,8,11-13H2,1-4H3,(H,33,36)/t14-,16-/m1/s1. The van der Waals surface area contributed by atoms with E-state index in [9.17, 15) is 26.7 Å². The van der Waals surface area contributed by atoms with Gasteiger partial charge in [0.1, 0.15) is 5.75 Å². The van der Waals surface area contributed by atoms with Crippen LogP contribution in [0.15, 0.2) is 18.2 Å². The summed E-state index contributed by atoms with van der Waals surface area (Å²) in [6.45, 7) is 4.21. The molecular formula is C25H32ClF5N4O2. The van der Waals surface area contributed by atoms with Crippen molar-refractivity contribution in [1.29, 1.82) is 0 Å². The van der Waals surface area contributed by atoms with Gasteiger partial charge in [-0.15, -0.1) is 0 Å². The molecule has 2 aromatic rings. The van der Waals surface area contributed by atoms with Crippen LogP contribution in [0.3, 0.4) is 0 Å². The zero-order chi connectivity index (χ0) is 27.5. The quantitative estimate of drug-likeness (QED) is 0.372. The molecule has 0 aliphatic carbocycles. The number of carbonyl (C=O) groups is 1. The molecule has 3 rings (SSSR count). The molecule has 0 saturated carbocycles. The summed E-state index contributed by atoms with van der Waals surface area (Å²) in [7, 11) is 0. The summed E-state index contributed by atoms with van der Waals surface area (Å²) in [4.78, 5) is 12.9. The smallest absolute Gasteiger partial charge is 0.394 e. The molecule has 2 heterocycles. The summed E-state index contributed by atoms with van der Waals surface area (Å²) in [6, 6.07) is 4.03. The second kappa shape index (κ2) is 11.6. The van der Waals surface area contributed by atoms with Crippen LogP contribution in [0.1, 0.15) is 56.6 Å². The molecule has 1 aliphatic heterocycles. The number of carbonyl (C=O) groups excluding carboxylic acids is 1. The number of hydrogen-bond acceptors (Lipinski definition) is 4. The molecule has 2 atom stereocenters. The molecule has 0 radical (unpaired) electrons. The fourth-order valence-corrected chi connectivity index (χ4v) is 4.60. The van der Waals surface area contributed by atoms with Crippen LogP contribution in [-0.4, -0.2) is 47.6 Å². The zero-order valence-electron chi connectivity index (χ0n) is 21.2. The average molecular weight is 551 g/mol. The number of rotatable bonds is 9. The summed E-state index contributed by atoms with van der Waals surface area (Å²) < 4.78 is 72.7. The number of ether oxygens (including phenoxy) is 1. The normalized spacial score (nSPS) is 18.8. The van der Waals surface area contributed by atoms with Crippen molar-refractivity contribution < 1.29 is 31.5 Å². The molecule has 37 heavy (non-hydrogen) atoms. The highest BCUT2D eigenvalue weighted by atomic mass is 35.5. The SMILES string of the molecule is CCn1nc(C(=O)NC[C@H]2CC[C@@H](C)CN2)c(Cl)c1-c1ccc(CC(C)(C)C(F)(F)F)cc1OC(F)F. The number of hydrogen-bond donors (Lipinski definition) is 2. The number of benzene rings is 1. The molecule has 1 saturated heterocycles. The highest BCUT2D eigenvalue weighted by molar-refractivity contribution is 6.36. The van der Waals surface area contributed by atoms with Crippen LogP contribution >= 0.6 is 11.6 Å². The van der Waals surface area contributed by atoms with Crippen molar-refractivity contribution in [3.05, 3.63) is 34.5 Å². The van der Waals surface area contributed by atoms with Gasteiger partial charge < -0.3 is 15.4 Å². The molecule has 1 amide bonds. The lowest BCUT2D eigenvalue weighted by atomic mass is 9.84. The van der Waals surface area contributed by atoms with Crippen molar-refractivity contribution in [3.63, 3.8) is 0 Å². The number of alkyl halides is 5. The van der Waals surface area contributed by atoms with Gasteiger partial charge in [-0.1, -0.05) is 38.4 Å². The van der Waals surface area contributed by atoms with Crippen molar-refractivity contribution in [3.8, 4) is 17.0 Å². The molecule has 1 aromatic carbocycles. The summed E-state index contributed by atoms with van der Waals surface area (Å²) >= 11 is 6.54. The molecule has 206 valence electrons. The van der Waals surface area contributed by atoms with Gasteiger partial charge in [-0.25, -0.2) is 0 Å². The van der Waals surface area contributed by atoms with Gasteiger partial charge in [0.15, 0.2) is 5.69 Å². The van der Waals surface area contributed by atoms with Crippen LogP contribution in [0.4, 0.5) is 22.0 Å². The van der Waals surface area contributed by atoms with E-state index in [4.69, 9.17) is 11.6 Å². The second-order valence-electron chi connectivity index (χ2n) is 10.1. The Morgan fingerprint density at radius 2 is 2.00 bits per heavy atom. The predicted molar refractivity (Wildman–Crippen MR) is 131 cm³/mol. The van der Waals surface area contributed by atoms with Gasteiger partial charge >= 0.3 is 12.8 Å². The Hall–Kier alpha value is -2.40. The van der Waals surface area contributed by atoms with E-state index in [1.54, 1.807) is 6.92 Å². The lowest BCUT2D eigenvalue weighted by molar-refractivity contribution is -0.211. The number of amides is 1. The summed E-state index contributed by atoms with van der Waals surface area (Å²) in [6.07, 6.45) is -2.98. The minimum Gasteiger partial charge on any atom is -0.434 e. The van der Waals surface area contributed by atoms with Crippen LogP contribution in [0.5, 0.6) is 5.75 Å². The van der Waals surface area contributed by atoms with E-state index in [2.05, 4.69) is 27.4 Å². The van der Waals surface area contributed by atoms with Gasteiger partial charge in [0.2, 0.25) is 0 Å². The van der Waals surface area contributed by atoms with E-state index < -0.39 is 30.5 Å². The first-order chi connectivity index (χ1) is 17.2. The Bertz CT molecular complexity index is 1100. The van der Waals surface area contributed by atoms with E-state index in [0.717, 1.165) is 39.3 Å². The first-order valence-electron chi connectivity index (χ1n) is 12.2. The van der Waals surface area contributed by atoms with Crippen LogP contribution < -0.4 is 15.4 Å².